The minimum Gasteiger partial charge on any atom is -0.507 e. The summed E-state index contributed by atoms with van der Waals surface area (Å²) in [7, 11) is 1.47. The first-order valence-electron chi connectivity index (χ1n) is 9.64. The molecule has 4 rings (SSSR count). The first kappa shape index (κ1) is 21.9. The highest BCUT2D eigenvalue weighted by atomic mass is 35.5. The lowest BCUT2D eigenvalue weighted by atomic mass is 9.95. The molecule has 2 aromatic carbocycles. The van der Waals surface area contributed by atoms with Crippen molar-refractivity contribution in [2.45, 2.75) is 13.0 Å². The number of Topliss-reactive ketones (excluding diaryl/α,β-unsaturated/α-hetero) is 1. The van der Waals surface area contributed by atoms with Gasteiger partial charge in [0.1, 0.15) is 11.5 Å². The summed E-state index contributed by atoms with van der Waals surface area (Å²) in [6.07, 6.45) is 3.11. The van der Waals surface area contributed by atoms with Gasteiger partial charge in [0.15, 0.2) is 0 Å². The zero-order valence-electron chi connectivity index (χ0n) is 17.2. The van der Waals surface area contributed by atoms with Gasteiger partial charge in [-0.25, -0.2) is 0 Å². The van der Waals surface area contributed by atoms with Gasteiger partial charge in [-0.1, -0.05) is 29.3 Å². The monoisotopic (exact) mass is 468 g/mol. The lowest BCUT2D eigenvalue weighted by molar-refractivity contribution is -0.132. The molecule has 1 atom stereocenters. The normalized spacial score (nSPS) is 17.6. The number of pyridine rings is 1. The number of aliphatic hydroxyl groups is 1. The molecule has 0 bridgehead atoms. The van der Waals surface area contributed by atoms with E-state index in [2.05, 4.69) is 4.98 Å². The van der Waals surface area contributed by atoms with Gasteiger partial charge in [0.25, 0.3) is 11.7 Å². The third kappa shape index (κ3) is 3.72. The maximum absolute atomic E-state index is 13.1. The van der Waals surface area contributed by atoms with Crippen LogP contribution in [0.1, 0.15) is 22.7 Å². The van der Waals surface area contributed by atoms with Gasteiger partial charge in [-0.05, 0) is 60.5 Å². The Balaban J connectivity index is 1.94. The van der Waals surface area contributed by atoms with Crippen LogP contribution in [0.15, 0.2) is 66.5 Å². The molecule has 1 saturated heterocycles. The number of hydrogen-bond donors (Lipinski definition) is 1. The van der Waals surface area contributed by atoms with E-state index in [0.29, 0.717) is 22.0 Å². The van der Waals surface area contributed by atoms with Gasteiger partial charge in [-0.15, -0.1) is 0 Å². The maximum Gasteiger partial charge on any atom is 0.300 e. The van der Waals surface area contributed by atoms with Crippen LogP contribution in [0.2, 0.25) is 10.0 Å². The SMILES string of the molecule is COc1ccc(/C(O)=C2\C(=O)C(=O)N(c3ccc(C)c(Cl)c3)C2c2ccncc2)cc1Cl. The molecule has 1 aliphatic rings. The molecule has 0 saturated carbocycles. The van der Waals surface area contributed by atoms with Crippen molar-refractivity contribution < 1.29 is 19.4 Å². The van der Waals surface area contributed by atoms with E-state index in [0.717, 1.165) is 5.56 Å². The van der Waals surface area contributed by atoms with Crippen molar-refractivity contribution in [3.63, 3.8) is 0 Å². The van der Waals surface area contributed by atoms with Crippen molar-refractivity contribution in [1.29, 1.82) is 0 Å². The van der Waals surface area contributed by atoms with Gasteiger partial charge in [0.2, 0.25) is 0 Å². The lowest BCUT2D eigenvalue weighted by Crippen LogP contribution is -2.29. The third-order valence-corrected chi connectivity index (χ3v) is 6.03. The highest BCUT2D eigenvalue weighted by molar-refractivity contribution is 6.52. The molecule has 8 heteroatoms. The predicted octanol–water partition coefficient (Wildman–Crippen LogP) is 5.33. The van der Waals surface area contributed by atoms with Gasteiger partial charge in [-0.2, -0.15) is 0 Å². The standard InChI is InChI=1S/C24H18Cl2N2O4/c1-13-3-5-16(12-17(13)25)28-21(14-7-9-27-10-8-14)20(23(30)24(28)31)22(29)15-4-6-19(32-2)18(26)11-15/h3-12,21,29H,1-2H3/b22-20+. The number of amides is 1. The van der Waals surface area contributed by atoms with E-state index >= 15 is 0 Å². The second-order valence-electron chi connectivity index (χ2n) is 7.23. The molecule has 162 valence electrons. The van der Waals surface area contributed by atoms with E-state index in [9.17, 15) is 14.7 Å². The lowest BCUT2D eigenvalue weighted by Gasteiger charge is -2.25. The molecule has 3 aromatic rings. The number of ketones is 1. The molecular formula is C24H18Cl2N2O4. The second kappa shape index (κ2) is 8.65. The Morgan fingerprint density at radius 3 is 2.38 bits per heavy atom. The Hall–Kier alpha value is -3.35. The number of aromatic nitrogens is 1. The first-order valence-corrected chi connectivity index (χ1v) is 10.4. The van der Waals surface area contributed by atoms with Crippen molar-refractivity contribution >= 4 is 46.3 Å². The van der Waals surface area contributed by atoms with Crippen molar-refractivity contribution in [2.75, 3.05) is 12.0 Å². The van der Waals surface area contributed by atoms with E-state index in [1.807, 2.05) is 6.92 Å². The van der Waals surface area contributed by atoms with Gasteiger partial charge in [-0.3, -0.25) is 19.5 Å². The molecule has 0 aliphatic carbocycles. The van der Waals surface area contributed by atoms with Crippen LogP contribution in [0.25, 0.3) is 5.76 Å². The Labute approximate surface area is 194 Å². The summed E-state index contributed by atoms with van der Waals surface area (Å²) in [5.74, 6) is -1.50. The molecule has 1 amide bonds. The van der Waals surface area contributed by atoms with Crippen molar-refractivity contribution in [3.05, 3.63) is 93.2 Å². The van der Waals surface area contributed by atoms with Crippen LogP contribution in [-0.4, -0.2) is 28.9 Å². The number of anilines is 1. The summed E-state index contributed by atoms with van der Waals surface area (Å²) in [5, 5.41) is 11.8. The summed E-state index contributed by atoms with van der Waals surface area (Å²) >= 11 is 12.5. The minimum absolute atomic E-state index is 0.0564. The summed E-state index contributed by atoms with van der Waals surface area (Å²) in [6, 6.07) is 12.2. The molecule has 1 unspecified atom stereocenters. The van der Waals surface area contributed by atoms with E-state index in [1.54, 1.807) is 54.9 Å². The molecule has 2 heterocycles. The van der Waals surface area contributed by atoms with Gasteiger partial charge >= 0.3 is 0 Å². The summed E-state index contributed by atoms with van der Waals surface area (Å²) < 4.78 is 5.15. The molecular weight excluding hydrogens is 451 g/mol. The van der Waals surface area contributed by atoms with Gasteiger partial charge < -0.3 is 9.84 Å². The first-order chi connectivity index (χ1) is 15.3. The molecule has 1 aromatic heterocycles. The fourth-order valence-corrected chi connectivity index (χ4v) is 4.09. The number of carbonyl (C=O) groups is 2. The number of aryl methyl sites for hydroxylation is 1. The third-order valence-electron chi connectivity index (χ3n) is 5.33. The highest BCUT2D eigenvalue weighted by Crippen LogP contribution is 2.43. The van der Waals surface area contributed by atoms with E-state index in [-0.39, 0.29) is 21.9 Å². The summed E-state index contributed by atoms with van der Waals surface area (Å²) in [5.41, 5.74) is 2.11. The number of nitrogens with zero attached hydrogens (tertiary/aromatic N) is 2. The quantitative estimate of drug-likeness (QED) is 0.317. The van der Waals surface area contributed by atoms with Crippen LogP contribution in [-0.2, 0) is 9.59 Å². The second-order valence-corrected chi connectivity index (χ2v) is 8.05. The Kier molecular flexibility index (Phi) is 5.91. The molecule has 1 N–H and O–H groups in total. The Bertz CT molecular complexity index is 1260. The smallest absolute Gasteiger partial charge is 0.300 e. The average Bonchev–Trinajstić information content (AvgIpc) is 3.06. The number of benzene rings is 2. The van der Waals surface area contributed by atoms with E-state index < -0.39 is 17.7 Å². The van der Waals surface area contributed by atoms with Crippen LogP contribution in [0.5, 0.6) is 5.75 Å². The van der Waals surface area contributed by atoms with Crippen molar-refractivity contribution in [3.8, 4) is 5.75 Å². The molecule has 0 radical (unpaired) electrons. The molecule has 1 fully saturated rings. The maximum atomic E-state index is 13.1. The number of carbonyl (C=O) groups excluding carboxylic acids is 2. The molecule has 32 heavy (non-hydrogen) atoms. The number of ether oxygens (including phenoxy) is 1. The minimum atomic E-state index is -0.877. The number of methoxy groups -OCH3 is 1. The Morgan fingerprint density at radius 2 is 1.75 bits per heavy atom. The average molecular weight is 469 g/mol. The van der Waals surface area contributed by atoms with E-state index in [1.165, 1.54) is 18.1 Å². The van der Waals surface area contributed by atoms with Crippen molar-refractivity contribution in [2.24, 2.45) is 0 Å². The highest BCUT2D eigenvalue weighted by Gasteiger charge is 2.47. The zero-order chi connectivity index (χ0) is 23.0. The van der Waals surface area contributed by atoms with Crippen LogP contribution < -0.4 is 9.64 Å². The fourth-order valence-electron chi connectivity index (χ4n) is 3.66. The van der Waals surface area contributed by atoms with Crippen LogP contribution in [0, 0.1) is 6.92 Å². The van der Waals surface area contributed by atoms with Crippen LogP contribution in [0.4, 0.5) is 5.69 Å². The summed E-state index contributed by atoms with van der Waals surface area (Å²) in [4.78, 5) is 31.6. The van der Waals surface area contributed by atoms with Crippen molar-refractivity contribution in [1.82, 2.24) is 4.98 Å². The fraction of sp³-hybridized carbons (Fsp3) is 0.125. The molecule has 1 aliphatic heterocycles. The molecule has 0 spiro atoms. The van der Waals surface area contributed by atoms with Gasteiger partial charge in [0, 0.05) is 28.7 Å². The predicted molar refractivity (Wildman–Crippen MR) is 123 cm³/mol. The Morgan fingerprint density at radius 1 is 1.03 bits per heavy atom. The van der Waals surface area contributed by atoms with Crippen LogP contribution >= 0.6 is 23.2 Å². The zero-order valence-corrected chi connectivity index (χ0v) is 18.7. The summed E-state index contributed by atoms with van der Waals surface area (Å²) in [6.45, 7) is 1.84. The topological polar surface area (TPSA) is 79.7 Å². The largest absolute Gasteiger partial charge is 0.507 e. The molecule has 6 nitrogen and oxygen atoms in total. The van der Waals surface area contributed by atoms with Crippen LogP contribution in [0.3, 0.4) is 0 Å². The number of halogens is 2. The number of hydrogen-bond acceptors (Lipinski definition) is 5. The van der Waals surface area contributed by atoms with Gasteiger partial charge in [0.05, 0.1) is 23.7 Å². The van der Waals surface area contributed by atoms with E-state index in [4.69, 9.17) is 27.9 Å². The number of rotatable bonds is 4. The number of aliphatic hydroxyl groups excluding tert-OH is 1.